The molecule has 1 aliphatic heterocycles. The minimum absolute atomic E-state index is 0.183. The lowest BCUT2D eigenvalue weighted by Crippen LogP contribution is -2.44. The first-order valence-electron chi connectivity index (χ1n) is 15.4. The van der Waals surface area contributed by atoms with Gasteiger partial charge in [-0.05, 0) is 47.0 Å². The van der Waals surface area contributed by atoms with Gasteiger partial charge >= 0.3 is 0 Å². The van der Waals surface area contributed by atoms with Gasteiger partial charge in [0.1, 0.15) is 6.17 Å². The normalized spacial score (nSPS) is 18.0. The van der Waals surface area contributed by atoms with E-state index < -0.39 is 0 Å². The quantitative estimate of drug-likeness (QED) is 0.157. The van der Waals surface area contributed by atoms with E-state index in [1.807, 2.05) is 0 Å². The van der Waals surface area contributed by atoms with Crippen molar-refractivity contribution in [2.45, 2.75) is 12.6 Å². The van der Waals surface area contributed by atoms with Crippen LogP contribution >= 0.6 is 0 Å². The molecular weight excluding hydrogens is 534 g/mol. The van der Waals surface area contributed by atoms with E-state index >= 15 is 0 Å². The van der Waals surface area contributed by atoms with E-state index in [1.165, 1.54) is 60.5 Å². The van der Waals surface area contributed by atoms with Crippen molar-refractivity contribution in [3.63, 3.8) is 0 Å². The molecule has 2 heterocycles. The number of anilines is 3. The third kappa shape index (κ3) is 3.72. The molecule has 44 heavy (non-hydrogen) atoms. The van der Waals surface area contributed by atoms with E-state index in [2.05, 4.69) is 162 Å². The number of hydrogen-bond acceptors (Lipinski definition) is 3. The van der Waals surface area contributed by atoms with Crippen LogP contribution in [0.1, 0.15) is 12.0 Å². The summed E-state index contributed by atoms with van der Waals surface area (Å²) in [5.41, 5.74) is 8.45. The lowest BCUT2D eigenvalue weighted by atomic mass is 9.86. The second-order valence-corrected chi connectivity index (χ2v) is 12.0. The average molecular weight is 566 g/mol. The van der Waals surface area contributed by atoms with Gasteiger partial charge in [-0.15, -0.1) is 0 Å². The molecule has 0 spiro atoms. The van der Waals surface area contributed by atoms with Crippen LogP contribution in [0.25, 0.3) is 48.9 Å². The van der Waals surface area contributed by atoms with Crippen molar-refractivity contribution in [1.82, 2.24) is 4.98 Å². The Morgan fingerprint density at radius 3 is 1.82 bits per heavy atom. The van der Waals surface area contributed by atoms with E-state index in [9.17, 15) is 0 Å². The van der Waals surface area contributed by atoms with Gasteiger partial charge in [-0.2, -0.15) is 0 Å². The Hall–Kier alpha value is -5.41. The van der Waals surface area contributed by atoms with Crippen LogP contribution in [0.4, 0.5) is 17.1 Å². The Balaban J connectivity index is 1.20. The Morgan fingerprint density at radius 1 is 0.591 bits per heavy atom. The molecule has 3 nitrogen and oxygen atoms in total. The molecule has 0 radical (unpaired) electrons. The van der Waals surface area contributed by atoms with E-state index in [4.69, 9.17) is 4.98 Å². The highest BCUT2D eigenvalue weighted by atomic mass is 15.4. The van der Waals surface area contributed by atoms with Gasteiger partial charge in [0.25, 0.3) is 0 Å². The number of benzene rings is 6. The van der Waals surface area contributed by atoms with Gasteiger partial charge in [0.05, 0.1) is 22.4 Å². The lowest BCUT2D eigenvalue weighted by Gasteiger charge is -2.36. The van der Waals surface area contributed by atoms with Gasteiger partial charge in [0.2, 0.25) is 0 Å². The molecule has 1 aliphatic carbocycles. The fourth-order valence-corrected chi connectivity index (χ4v) is 7.55. The molecule has 7 aromatic rings. The predicted molar refractivity (Wildman–Crippen MR) is 187 cm³/mol. The first kappa shape index (κ1) is 25.1. The Bertz CT molecular complexity index is 2210. The summed E-state index contributed by atoms with van der Waals surface area (Å²) >= 11 is 0. The fourth-order valence-electron chi connectivity index (χ4n) is 7.55. The molecule has 6 aromatic carbocycles. The third-order valence-electron chi connectivity index (χ3n) is 9.58. The monoisotopic (exact) mass is 565 g/mol. The molecule has 2 aliphatic rings. The maximum absolute atomic E-state index is 5.38. The van der Waals surface area contributed by atoms with E-state index in [0.29, 0.717) is 5.92 Å². The number of allylic oxidation sites excluding steroid dienone is 3. The molecule has 2 atom stereocenters. The summed E-state index contributed by atoms with van der Waals surface area (Å²) in [7, 11) is 2.24. The maximum atomic E-state index is 5.38. The largest absolute Gasteiger partial charge is 0.352 e. The van der Waals surface area contributed by atoms with Crippen LogP contribution < -0.4 is 9.80 Å². The molecule has 0 saturated heterocycles. The second kappa shape index (κ2) is 9.82. The number of nitrogens with zero attached hydrogens (tertiary/aromatic N) is 3. The molecule has 2 unspecified atom stereocenters. The van der Waals surface area contributed by atoms with E-state index in [0.717, 1.165) is 17.5 Å². The van der Waals surface area contributed by atoms with E-state index in [1.54, 1.807) is 0 Å². The zero-order chi connectivity index (χ0) is 29.2. The number of para-hydroxylation sites is 3. The van der Waals surface area contributed by atoms with Crippen LogP contribution in [-0.2, 0) is 0 Å². The molecule has 0 bridgehead atoms. The molecule has 0 N–H and O–H groups in total. The zero-order valence-electron chi connectivity index (χ0n) is 24.6. The van der Waals surface area contributed by atoms with Gasteiger partial charge in [-0.25, -0.2) is 4.98 Å². The third-order valence-corrected chi connectivity index (χ3v) is 9.58. The topological polar surface area (TPSA) is 19.4 Å². The van der Waals surface area contributed by atoms with Gasteiger partial charge in [0, 0.05) is 45.8 Å². The van der Waals surface area contributed by atoms with Crippen molar-refractivity contribution in [1.29, 1.82) is 0 Å². The van der Waals surface area contributed by atoms with Crippen LogP contribution in [0, 0.1) is 5.92 Å². The highest BCUT2D eigenvalue weighted by molar-refractivity contribution is 6.19. The summed E-state index contributed by atoms with van der Waals surface area (Å²) in [6, 6.07) is 45.8. The molecule has 1 aromatic heterocycles. The molecular formula is C41H31N3. The maximum Gasteiger partial charge on any atom is 0.113 e. The summed E-state index contributed by atoms with van der Waals surface area (Å²) in [4.78, 5) is 10.3. The highest BCUT2D eigenvalue weighted by Crippen LogP contribution is 2.47. The number of aromatic nitrogens is 1. The second-order valence-electron chi connectivity index (χ2n) is 12.0. The predicted octanol–water partition coefficient (Wildman–Crippen LogP) is 10.3. The smallest absolute Gasteiger partial charge is 0.113 e. The van der Waals surface area contributed by atoms with Gasteiger partial charge in [-0.3, -0.25) is 0 Å². The van der Waals surface area contributed by atoms with Crippen molar-refractivity contribution in [2.75, 3.05) is 16.8 Å². The van der Waals surface area contributed by atoms with E-state index in [-0.39, 0.29) is 6.17 Å². The van der Waals surface area contributed by atoms with Crippen LogP contribution in [0.2, 0.25) is 0 Å². The minimum atomic E-state index is 0.183. The lowest BCUT2D eigenvalue weighted by molar-refractivity contribution is 0.505. The Morgan fingerprint density at radius 2 is 1.18 bits per heavy atom. The summed E-state index contributed by atoms with van der Waals surface area (Å²) in [6.07, 6.45) is 8.40. The summed E-state index contributed by atoms with van der Waals surface area (Å²) in [6.45, 7) is 0. The molecule has 0 amide bonds. The number of hydrogen-bond donors (Lipinski definition) is 0. The van der Waals surface area contributed by atoms with Crippen LogP contribution in [0.15, 0.2) is 146 Å². The van der Waals surface area contributed by atoms with Crippen LogP contribution in [0.5, 0.6) is 0 Å². The molecule has 9 rings (SSSR count). The molecule has 3 heteroatoms. The molecule has 0 fully saturated rings. The van der Waals surface area contributed by atoms with Gasteiger partial charge in [-0.1, -0.05) is 121 Å². The Labute approximate surface area is 257 Å². The fraction of sp³-hybridized carbons (Fsp3) is 0.0976. The first-order valence-corrected chi connectivity index (χ1v) is 15.4. The standard InChI is InChI=1S/C41H31N3/c1-43-36-17-9-10-18-37(36)44(31-13-3-2-4-14-31)41(43)30-21-19-29(20-22-30)38-34-25-23-27-11-5-7-15-32(27)39(34)42-40-33-16-8-6-12-28(33)24-26-35(38)40/h2-21,23-26,30,41H,22H2,1H3. The van der Waals surface area contributed by atoms with Crippen LogP contribution in [0.3, 0.4) is 0 Å². The number of fused-ring (bicyclic) bond motifs is 7. The zero-order valence-corrected chi connectivity index (χ0v) is 24.6. The average Bonchev–Trinajstić information content (AvgIpc) is 3.39. The van der Waals surface area contributed by atoms with Gasteiger partial charge < -0.3 is 9.80 Å². The molecule has 0 saturated carbocycles. The minimum Gasteiger partial charge on any atom is -0.352 e. The van der Waals surface area contributed by atoms with Gasteiger partial charge in [0.15, 0.2) is 0 Å². The summed E-state index contributed by atoms with van der Waals surface area (Å²) in [5, 5.41) is 7.24. The Kier molecular flexibility index (Phi) is 5.61. The van der Waals surface area contributed by atoms with Crippen LogP contribution in [-0.4, -0.2) is 18.2 Å². The SMILES string of the molecule is CN1c2ccccc2N(c2ccccc2)C1C1C=CC(c2c3ccc4ccccc4c3nc3c2ccc2ccccc23)=CC1. The number of pyridine rings is 1. The summed E-state index contributed by atoms with van der Waals surface area (Å²) in [5.74, 6) is 0.317. The number of rotatable bonds is 3. The highest BCUT2D eigenvalue weighted by Gasteiger charge is 2.39. The summed E-state index contributed by atoms with van der Waals surface area (Å²) < 4.78 is 0. The molecule has 210 valence electrons. The first-order chi connectivity index (χ1) is 21.8. The van der Waals surface area contributed by atoms with Crippen molar-refractivity contribution in [3.05, 3.63) is 151 Å². The van der Waals surface area contributed by atoms with Crippen molar-refractivity contribution in [3.8, 4) is 0 Å². The van der Waals surface area contributed by atoms with Crippen molar-refractivity contribution >= 4 is 66.0 Å². The van der Waals surface area contributed by atoms with Crippen molar-refractivity contribution in [2.24, 2.45) is 5.92 Å². The van der Waals surface area contributed by atoms with Crippen molar-refractivity contribution < 1.29 is 0 Å².